The van der Waals surface area contributed by atoms with Crippen LogP contribution >= 0.6 is 0 Å². The number of ether oxygens (including phenoxy) is 2. The maximum Gasteiger partial charge on any atom is 0.156 e. The van der Waals surface area contributed by atoms with E-state index in [4.69, 9.17) is 9.47 Å². The van der Waals surface area contributed by atoms with Crippen molar-refractivity contribution >= 4 is 0 Å². The van der Waals surface area contributed by atoms with E-state index in [0.29, 0.717) is 24.9 Å². The van der Waals surface area contributed by atoms with Crippen LogP contribution in [0, 0.1) is 0 Å². The molecule has 0 fully saturated rings. The van der Waals surface area contributed by atoms with E-state index in [2.05, 4.69) is 23.8 Å². The number of aromatic nitrogens is 2. The van der Waals surface area contributed by atoms with Crippen molar-refractivity contribution in [3.05, 3.63) is 18.2 Å². The largest absolute Gasteiger partial charge is 0.488 e. The molecule has 1 aromatic rings. The lowest BCUT2D eigenvalue weighted by atomic mass is 10.1. The normalized spacial score (nSPS) is 12.5. The molecule has 4 nitrogen and oxygen atoms in total. The third kappa shape index (κ3) is 3.83. The Labute approximate surface area is 90.7 Å². The van der Waals surface area contributed by atoms with E-state index in [-0.39, 0.29) is 0 Å². The fraction of sp³-hybridized carbons (Fsp3) is 0.636. The second-order valence-corrected chi connectivity index (χ2v) is 3.43. The average Bonchev–Trinajstić information content (AvgIpc) is 2.29. The molecule has 1 unspecified atom stereocenters. The average molecular weight is 210 g/mol. The van der Waals surface area contributed by atoms with Gasteiger partial charge < -0.3 is 9.47 Å². The number of nitrogens with zero attached hydrogens (tertiary/aromatic N) is 2. The highest BCUT2D eigenvalue weighted by atomic mass is 16.5. The zero-order valence-electron chi connectivity index (χ0n) is 9.56. The predicted molar refractivity (Wildman–Crippen MR) is 58.1 cm³/mol. The van der Waals surface area contributed by atoms with Crippen molar-refractivity contribution in [3.8, 4) is 5.75 Å². The lowest BCUT2D eigenvalue weighted by molar-refractivity contribution is 0.146. The lowest BCUT2D eigenvalue weighted by Crippen LogP contribution is -2.06. The van der Waals surface area contributed by atoms with Crippen molar-refractivity contribution < 1.29 is 9.47 Å². The first-order chi connectivity index (χ1) is 7.27. The molecule has 0 aliphatic carbocycles. The molecule has 0 spiro atoms. The topological polar surface area (TPSA) is 44.2 Å². The minimum Gasteiger partial charge on any atom is -0.488 e. The Balaban J connectivity index is 2.49. The van der Waals surface area contributed by atoms with E-state index in [1.54, 1.807) is 19.5 Å². The molecule has 4 heteroatoms. The Hall–Kier alpha value is -1.16. The molecule has 1 rings (SSSR count). The van der Waals surface area contributed by atoms with Crippen LogP contribution in [-0.2, 0) is 4.74 Å². The molecule has 0 aromatic carbocycles. The van der Waals surface area contributed by atoms with Gasteiger partial charge in [0.25, 0.3) is 0 Å². The molecule has 0 radical (unpaired) electrons. The summed E-state index contributed by atoms with van der Waals surface area (Å²) < 4.78 is 10.2. The first kappa shape index (κ1) is 11.9. The van der Waals surface area contributed by atoms with Crippen LogP contribution in [0.25, 0.3) is 0 Å². The summed E-state index contributed by atoms with van der Waals surface area (Å²) in [6.07, 6.45) is 4.47. The summed E-state index contributed by atoms with van der Waals surface area (Å²) in [5.41, 5.74) is 0. The Morgan fingerprint density at radius 3 is 2.47 bits per heavy atom. The zero-order chi connectivity index (χ0) is 11.1. The van der Waals surface area contributed by atoms with Gasteiger partial charge in [-0.05, 0) is 6.42 Å². The van der Waals surface area contributed by atoms with Crippen molar-refractivity contribution in [2.45, 2.75) is 26.2 Å². The van der Waals surface area contributed by atoms with Crippen LogP contribution in [0.5, 0.6) is 5.75 Å². The molecule has 0 aliphatic heterocycles. The van der Waals surface area contributed by atoms with Crippen LogP contribution in [0.3, 0.4) is 0 Å². The van der Waals surface area contributed by atoms with Crippen molar-refractivity contribution in [2.75, 3.05) is 20.3 Å². The molecule has 0 saturated heterocycles. The van der Waals surface area contributed by atoms with Crippen LogP contribution in [0.4, 0.5) is 0 Å². The first-order valence-corrected chi connectivity index (χ1v) is 5.21. The summed E-state index contributed by atoms with van der Waals surface area (Å²) in [6.45, 7) is 5.34. The monoisotopic (exact) mass is 210 g/mol. The molecular formula is C11H18N2O2. The molecule has 0 amide bonds. The highest BCUT2D eigenvalue weighted by Gasteiger charge is 2.05. The van der Waals surface area contributed by atoms with Crippen LogP contribution in [0.15, 0.2) is 12.4 Å². The summed E-state index contributed by atoms with van der Waals surface area (Å²) in [4.78, 5) is 8.50. The minimum absolute atomic E-state index is 0.401. The second kappa shape index (κ2) is 6.35. The van der Waals surface area contributed by atoms with Gasteiger partial charge in [-0.3, -0.25) is 0 Å². The molecule has 0 N–H and O–H groups in total. The number of methoxy groups -OCH3 is 1. The third-order valence-electron chi connectivity index (χ3n) is 2.26. The maximum absolute atomic E-state index is 5.36. The minimum atomic E-state index is 0.401. The van der Waals surface area contributed by atoms with Gasteiger partial charge in [-0.2, -0.15) is 0 Å². The van der Waals surface area contributed by atoms with Gasteiger partial charge in [0.15, 0.2) is 5.75 Å². The summed E-state index contributed by atoms with van der Waals surface area (Å²) in [5, 5.41) is 0. The molecule has 1 heterocycles. The van der Waals surface area contributed by atoms with Crippen molar-refractivity contribution in [1.29, 1.82) is 0 Å². The smallest absolute Gasteiger partial charge is 0.156 e. The van der Waals surface area contributed by atoms with Gasteiger partial charge in [-0.15, -0.1) is 0 Å². The summed E-state index contributed by atoms with van der Waals surface area (Å²) in [7, 11) is 1.64. The second-order valence-electron chi connectivity index (χ2n) is 3.43. The molecule has 0 bridgehead atoms. The molecule has 0 aliphatic rings. The zero-order valence-corrected chi connectivity index (χ0v) is 9.56. The molecular weight excluding hydrogens is 192 g/mol. The SMILES string of the molecule is CCC(C)c1ncc(OCCOC)cn1. The summed E-state index contributed by atoms with van der Waals surface area (Å²) in [6, 6.07) is 0. The Morgan fingerprint density at radius 1 is 1.27 bits per heavy atom. The third-order valence-corrected chi connectivity index (χ3v) is 2.26. The van der Waals surface area contributed by atoms with Crippen molar-refractivity contribution in [2.24, 2.45) is 0 Å². The predicted octanol–water partition coefficient (Wildman–Crippen LogP) is 2.02. The van der Waals surface area contributed by atoms with Crippen LogP contribution < -0.4 is 4.74 Å². The van der Waals surface area contributed by atoms with E-state index in [1.807, 2.05) is 0 Å². The Kier molecular flexibility index (Phi) is 5.04. The quantitative estimate of drug-likeness (QED) is 0.674. The van der Waals surface area contributed by atoms with Gasteiger partial charge in [0.05, 0.1) is 19.0 Å². The van der Waals surface area contributed by atoms with E-state index in [9.17, 15) is 0 Å². The molecule has 15 heavy (non-hydrogen) atoms. The number of rotatable bonds is 6. The van der Waals surface area contributed by atoms with Gasteiger partial charge in [0.1, 0.15) is 12.4 Å². The fourth-order valence-electron chi connectivity index (χ4n) is 1.08. The van der Waals surface area contributed by atoms with Gasteiger partial charge in [0, 0.05) is 13.0 Å². The highest BCUT2D eigenvalue weighted by Crippen LogP contribution is 2.15. The molecule has 1 atom stereocenters. The Morgan fingerprint density at radius 2 is 1.93 bits per heavy atom. The van der Waals surface area contributed by atoms with Crippen LogP contribution in [0.1, 0.15) is 32.0 Å². The number of hydrogen-bond donors (Lipinski definition) is 0. The van der Waals surface area contributed by atoms with Crippen molar-refractivity contribution in [3.63, 3.8) is 0 Å². The molecule has 1 aromatic heterocycles. The van der Waals surface area contributed by atoms with E-state index in [1.165, 1.54) is 0 Å². The van der Waals surface area contributed by atoms with E-state index in [0.717, 1.165) is 12.2 Å². The van der Waals surface area contributed by atoms with E-state index >= 15 is 0 Å². The van der Waals surface area contributed by atoms with Gasteiger partial charge >= 0.3 is 0 Å². The molecule has 84 valence electrons. The van der Waals surface area contributed by atoms with Gasteiger partial charge in [-0.1, -0.05) is 13.8 Å². The summed E-state index contributed by atoms with van der Waals surface area (Å²) >= 11 is 0. The van der Waals surface area contributed by atoms with E-state index < -0.39 is 0 Å². The fourth-order valence-corrected chi connectivity index (χ4v) is 1.08. The van der Waals surface area contributed by atoms with Crippen molar-refractivity contribution in [1.82, 2.24) is 9.97 Å². The Bertz CT molecular complexity index is 274. The van der Waals surface area contributed by atoms with Crippen LogP contribution in [0.2, 0.25) is 0 Å². The maximum atomic E-state index is 5.36. The van der Waals surface area contributed by atoms with Gasteiger partial charge in [-0.25, -0.2) is 9.97 Å². The first-order valence-electron chi connectivity index (χ1n) is 5.21. The lowest BCUT2D eigenvalue weighted by Gasteiger charge is -2.08. The standard InChI is InChI=1S/C11H18N2O2/c1-4-9(2)11-12-7-10(8-13-11)15-6-5-14-3/h7-9H,4-6H2,1-3H3. The molecule has 0 saturated carbocycles. The number of hydrogen-bond acceptors (Lipinski definition) is 4. The highest BCUT2D eigenvalue weighted by molar-refractivity contribution is 5.13. The van der Waals surface area contributed by atoms with Gasteiger partial charge in [0.2, 0.25) is 0 Å². The van der Waals surface area contributed by atoms with Crippen LogP contribution in [-0.4, -0.2) is 30.3 Å². The summed E-state index contributed by atoms with van der Waals surface area (Å²) in [5.74, 6) is 1.97.